The molecule has 1 saturated heterocycles. The molecule has 0 bridgehead atoms. The summed E-state index contributed by atoms with van der Waals surface area (Å²) in [5.74, 6) is 0.709. The number of pyridine rings is 1. The fourth-order valence-electron chi connectivity index (χ4n) is 4.98. The normalized spacial score (nSPS) is 22.7. The Kier molecular flexibility index (Phi) is 8.30. The molecular weight excluding hydrogens is 475 g/mol. The minimum Gasteiger partial charge on any atom is -0.326 e. The van der Waals surface area contributed by atoms with E-state index in [1.807, 2.05) is 66.9 Å². The number of amides is 1. The number of likely N-dealkylation sites (tertiary alicyclic amines) is 1. The highest BCUT2D eigenvalue weighted by atomic mass is 35.5. The third-order valence-electron chi connectivity index (χ3n) is 7.00. The lowest BCUT2D eigenvalue weighted by molar-refractivity contribution is -0.154. The van der Waals surface area contributed by atoms with Crippen LogP contribution in [0.15, 0.2) is 91.6 Å². The van der Waals surface area contributed by atoms with Crippen LogP contribution in [0.25, 0.3) is 0 Å². The Morgan fingerprint density at radius 1 is 1.00 bits per heavy atom. The van der Waals surface area contributed by atoms with Crippen LogP contribution in [0.2, 0.25) is 10.0 Å². The van der Waals surface area contributed by atoms with E-state index in [0.29, 0.717) is 12.3 Å². The molecule has 2 fully saturated rings. The van der Waals surface area contributed by atoms with Crippen LogP contribution in [-0.4, -0.2) is 15.8 Å². The first-order valence-electron chi connectivity index (χ1n) is 12.2. The predicted octanol–water partition coefficient (Wildman–Crippen LogP) is 8.47. The molecule has 3 nitrogen and oxygen atoms in total. The van der Waals surface area contributed by atoms with Crippen molar-refractivity contribution in [1.82, 2.24) is 9.88 Å². The van der Waals surface area contributed by atoms with Gasteiger partial charge >= 0.3 is 0 Å². The van der Waals surface area contributed by atoms with Gasteiger partial charge in [-0.05, 0) is 80.0 Å². The van der Waals surface area contributed by atoms with Gasteiger partial charge in [0.15, 0.2) is 0 Å². The molecule has 1 aliphatic heterocycles. The van der Waals surface area contributed by atoms with Crippen molar-refractivity contribution in [3.05, 3.63) is 113 Å². The third-order valence-corrected chi connectivity index (χ3v) is 7.50. The van der Waals surface area contributed by atoms with Crippen molar-refractivity contribution < 1.29 is 4.79 Å². The Balaban J connectivity index is 0.000000356. The highest BCUT2D eigenvalue weighted by Crippen LogP contribution is 2.52. The maximum atomic E-state index is 13.9. The number of nitrogens with zero attached hydrogens (tertiary/aromatic N) is 2. The number of hydrogen-bond donors (Lipinski definition) is 0. The lowest BCUT2D eigenvalue weighted by Gasteiger charge is -2.48. The predicted molar refractivity (Wildman–Crippen MR) is 144 cm³/mol. The molecule has 1 saturated carbocycles. The van der Waals surface area contributed by atoms with Crippen molar-refractivity contribution in [2.75, 3.05) is 0 Å². The zero-order chi connectivity index (χ0) is 24.8. The highest BCUT2D eigenvalue weighted by molar-refractivity contribution is 6.30. The molecule has 5 rings (SSSR count). The summed E-state index contributed by atoms with van der Waals surface area (Å²) in [7, 11) is 0. The molecule has 3 aromatic rings. The number of piperidine rings is 1. The number of rotatable bonds is 6. The zero-order valence-electron chi connectivity index (χ0n) is 20.1. The molecule has 2 aliphatic rings. The molecule has 0 radical (unpaired) electrons. The third kappa shape index (κ3) is 6.15. The molecule has 0 spiro atoms. The number of hydrogen-bond acceptors (Lipinski definition) is 2. The van der Waals surface area contributed by atoms with E-state index in [1.54, 1.807) is 0 Å². The Morgan fingerprint density at radius 2 is 1.66 bits per heavy atom. The van der Waals surface area contributed by atoms with E-state index in [-0.39, 0.29) is 18.0 Å². The first-order valence-corrected chi connectivity index (χ1v) is 13.0. The van der Waals surface area contributed by atoms with Crippen LogP contribution in [0.3, 0.4) is 0 Å². The SMILES string of the molecule is C=CCC1(C)CC[C@@H](c2ccc(Cl)cc2)N(C(c2ccccn2)C2CC2)C1=O.Clc1ccccc1. The number of halogens is 2. The molecular formula is C30H32Cl2N2O. The Labute approximate surface area is 218 Å². The second-order valence-corrected chi connectivity index (χ2v) is 10.6. The summed E-state index contributed by atoms with van der Waals surface area (Å²) in [6.45, 7) is 5.99. The topological polar surface area (TPSA) is 33.2 Å². The standard InChI is InChI=1S/C24H27ClN2O.C6H5Cl/c1-3-14-24(2)15-13-21(17-9-11-19(25)12-10-17)27(23(24)28)22(18-7-8-18)20-6-4-5-16-26-20;7-6-4-2-1-3-5-6/h3-6,9-12,16,18,21-22H,1,7-8,13-15H2,2H3;1-5H/t21-,22?,24?;/m0./s1. The van der Waals surface area contributed by atoms with Gasteiger partial charge in [0.25, 0.3) is 0 Å². The smallest absolute Gasteiger partial charge is 0.229 e. The number of carbonyl (C=O) groups excluding carboxylic acids is 1. The molecule has 35 heavy (non-hydrogen) atoms. The molecule has 2 aromatic carbocycles. The van der Waals surface area contributed by atoms with Gasteiger partial charge < -0.3 is 4.90 Å². The van der Waals surface area contributed by atoms with E-state index in [2.05, 4.69) is 41.6 Å². The maximum Gasteiger partial charge on any atom is 0.229 e. The fourth-order valence-corrected chi connectivity index (χ4v) is 5.25. The lowest BCUT2D eigenvalue weighted by atomic mass is 9.74. The van der Waals surface area contributed by atoms with Gasteiger partial charge in [-0.1, -0.05) is 72.6 Å². The van der Waals surface area contributed by atoms with Crippen LogP contribution in [0.1, 0.15) is 62.4 Å². The van der Waals surface area contributed by atoms with Gasteiger partial charge in [0.2, 0.25) is 5.91 Å². The molecule has 1 amide bonds. The molecule has 2 heterocycles. The molecule has 1 aliphatic carbocycles. The Bertz CT molecular complexity index is 1120. The van der Waals surface area contributed by atoms with Crippen LogP contribution in [-0.2, 0) is 4.79 Å². The van der Waals surface area contributed by atoms with E-state index >= 15 is 0 Å². The van der Waals surface area contributed by atoms with Crippen LogP contribution in [0, 0.1) is 11.3 Å². The number of benzene rings is 2. The Hall–Kier alpha value is -2.62. The summed E-state index contributed by atoms with van der Waals surface area (Å²) < 4.78 is 0. The summed E-state index contributed by atoms with van der Waals surface area (Å²) in [6.07, 6.45) is 8.52. The summed E-state index contributed by atoms with van der Waals surface area (Å²) in [5.41, 5.74) is 1.76. The van der Waals surface area contributed by atoms with Crippen LogP contribution in [0.4, 0.5) is 0 Å². The summed E-state index contributed by atoms with van der Waals surface area (Å²) in [6, 6.07) is 23.5. The van der Waals surface area contributed by atoms with Crippen molar-refractivity contribution in [3.63, 3.8) is 0 Å². The Morgan fingerprint density at radius 3 is 2.20 bits per heavy atom. The lowest BCUT2D eigenvalue weighted by Crippen LogP contribution is -2.50. The van der Waals surface area contributed by atoms with Gasteiger partial charge in [0, 0.05) is 16.2 Å². The maximum absolute atomic E-state index is 13.9. The van der Waals surface area contributed by atoms with Crippen LogP contribution in [0.5, 0.6) is 0 Å². The van der Waals surface area contributed by atoms with Crippen molar-refractivity contribution in [2.24, 2.45) is 11.3 Å². The van der Waals surface area contributed by atoms with Gasteiger partial charge in [-0.2, -0.15) is 0 Å². The fraction of sp³-hybridized carbons (Fsp3) is 0.333. The highest BCUT2D eigenvalue weighted by Gasteiger charge is 2.50. The van der Waals surface area contributed by atoms with E-state index < -0.39 is 5.41 Å². The number of aromatic nitrogens is 1. The van der Waals surface area contributed by atoms with Gasteiger partial charge in [0.1, 0.15) is 0 Å². The van der Waals surface area contributed by atoms with Gasteiger partial charge in [-0.15, -0.1) is 6.58 Å². The van der Waals surface area contributed by atoms with Gasteiger partial charge in [-0.25, -0.2) is 0 Å². The quantitative estimate of drug-likeness (QED) is 0.314. The van der Waals surface area contributed by atoms with Crippen LogP contribution >= 0.6 is 23.2 Å². The summed E-state index contributed by atoms with van der Waals surface area (Å²) in [4.78, 5) is 20.7. The van der Waals surface area contributed by atoms with Crippen molar-refractivity contribution in [2.45, 2.75) is 51.1 Å². The number of allylic oxidation sites excluding steroid dienone is 1. The van der Waals surface area contributed by atoms with E-state index in [0.717, 1.165) is 47.0 Å². The molecule has 2 unspecified atom stereocenters. The second-order valence-electron chi connectivity index (χ2n) is 9.70. The van der Waals surface area contributed by atoms with Gasteiger partial charge in [-0.3, -0.25) is 9.78 Å². The molecule has 1 aromatic heterocycles. The van der Waals surface area contributed by atoms with Crippen molar-refractivity contribution in [1.29, 1.82) is 0 Å². The number of carbonyl (C=O) groups is 1. The zero-order valence-corrected chi connectivity index (χ0v) is 21.6. The molecule has 0 N–H and O–H groups in total. The van der Waals surface area contributed by atoms with E-state index in [4.69, 9.17) is 23.2 Å². The van der Waals surface area contributed by atoms with E-state index in [9.17, 15) is 4.79 Å². The van der Waals surface area contributed by atoms with Crippen molar-refractivity contribution >= 4 is 29.1 Å². The first-order chi connectivity index (χ1) is 16.9. The largest absolute Gasteiger partial charge is 0.326 e. The minimum atomic E-state index is -0.396. The molecule has 182 valence electrons. The average molecular weight is 508 g/mol. The van der Waals surface area contributed by atoms with Gasteiger partial charge in [0.05, 0.1) is 23.2 Å². The van der Waals surface area contributed by atoms with E-state index in [1.165, 1.54) is 0 Å². The second kappa shape index (κ2) is 11.4. The first kappa shape index (κ1) is 25.5. The van der Waals surface area contributed by atoms with Crippen LogP contribution < -0.4 is 0 Å². The summed E-state index contributed by atoms with van der Waals surface area (Å²) >= 11 is 11.7. The summed E-state index contributed by atoms with van der Waals surface area (Å²) in [5, 5.41) is 1.51. The molecule has 5 heteroatoms. The van der Waals surface area contributed by atoms with Crippen molar-refractivity contribution in [3.8, 4) is 0 Å². The average Bonchev–Trinajstić information content (AvgIpc) is 3.70. The minimum absolute atomic E-state index is 0.0267. The monoisotopic (exact) mass is 506 g/mol. The molecule has 3 atom stereocenters.